The lowest BCUT2D eigenvalue weighted by Crippen LogP contribution is -2.73. The third-order valence-corrected chi connectivity index (χ3v) is 8.52. The Bertz CT molecular complexity index is 1010. The van der Waals surface area contributed by atoms with Crippen molar-refractivity contribution in [3.05, 3.63) is 47.3 Å². The number of hydrogen-bond donors (Lipinski definition) is 0. The molecule has 0 bridgehead atoms. The Morgan fingerprint density at radius 2 is 1.85 bits per heavy atom. The van der Waals surface area contributed by atoms with Crippen LogP contribution in [0, 0.1) is 22.6 Å². The molecule has 4 nitrogen and oxygen atoms in total. The van der Waals surface area contributed by atoms with Crippen LogP contribution in [0.5, 0.6) is 0 Å². The predicted octanol–water partition coefficient (Wildman–Crippen LogP) is 5.66. The van der Waals surface area contributed by atoms with Gasteiger partial charge in [0.1, 0.15) is 5.82 Å². The molecule has 2 saturated heterocycles. The summed E-state index contributed by atoms with van der Waals surface area (Å²) in [6.07, 6.45) is 3.28. The molecule has 2 amide bonds. The van der Waals surface area contributed by atoms with Crippen LogP contribution in [0.25, 0.3) is 0 Å². The van der Waals surface area contributed by atoms with Crippen LogP contribution in [0.15, 0.2) is 30.9 Å². The van der Waals surface area contributed by atoms with Crippen LogP contribution in [0.1, 0.15) is 57.9 Å². The Kier molecular flexibility index (Phi) is 6.33. The zero-order valence-corrected chi connectivity index (χ0v) is 20.7. The number of hydrogen-bond acceptors (Lipinski definition) is 2. The molecule has 0 aromatic heterocycles. The minimum absolute atomic E-state index is 0.0251. The first kappa shape index (κ1) is 25.1. The second-order valence-corrected chi connectivity index (χ2v) is 11.6. The molecule has 2 heterocycles. The van der Waals surface area contributed by atoms with Gasteiger partial charge in [-0.1, -0.05) is 38.1 Å². The zero-order valence-electron chi connectivity index (χ0n) is 19.9. The number of carbonyl (C=O) groups excluding carboxylic acids is 2. The standard InChI is InChI=1S/C26H32ClF3N2O2/c1-5-22(33)31-13-25(14-31)11-16(2)32(15-26(25,29)30)23(34)19-8-9-24(3,4)12-20(19)18-7-6-17(28)10-21(18)27/h5-7,10,16,19-20H,1,8-9,11-15H2,2-4H3/t16-,19-,20+/m1/s1. The van der Waals surface area contributed by atoms with Crippen molar-refractivity contribution in [3.8, 4) is 0 Å². The molecular formula is C26H32ClF3N2O2. The van der Waals surface area contributed by atoms with Crippen molar-refractivity contribution in [1.29, 1.82) is 0 Å². The van der Waals surface area contributed by atoms with Crippen molar-refractivity contribution >= 4 is 23.4 Å². The molecule has 186 valence electrons. The summed E-state index contributed by atoms with van der Waals surface area (Å²) in [5, 5.41) is 0.262. The maximum absolute atomic E-state index is 15.4. The molecule has 0 unspecified atom stereocenters. The maximum atomic E-state index is 15.4. The van der Waals surface area contributed by atoms with E-state index in [1.165, 1.54) is 21.9 Å². The van der Waals surface area contributed by atoms with E-state index < -0.39 is 29.6 Å². The average Bonchev–Trinajstić information content (AvgIpc) is 2.71. The number of halogens is 4. The van der Waals surface area contributed by atoms with E-state index in [0.717, 1.165) is 12.5 Å². The van der Waals surface area contributed by atoms with Crippen molar-refractivity contribution < 1.29 is 22.8 Å². The summed E-state index contributed by atoms with van der Waals surface area (Å²) >= 11 is 6.38. The Balaban J connectivity index is 1.57. The summed E-state index contributed by atoms with van der Waals surface area (Å²) in [6.45, 7) is 8.76. The largest absolute Gasteiger partial charge is 0.337 e. The maximum Gasteiger partial charge on any atom is 0.274 e. The van der Waals surface area contributed by atoms with Gasteiger partial charge in [0.15, 0.2) is 0 Å². The van der Waals surface area contributed by atoms with E-state index in [-0.39, 0.29) is 53.7 Å². The molecule has 3 fully saturated rings. The summed E-state index contributed by atoms with van der Waals surface area (Å²) in [6, 6.07) is 3.81. The summed E-state index contributed by atoms with van der Waals surface area (Å²) < 4.78 is 44.5. The Hall–Kier alpha value is -2.02. The number of likely N-dealkylation sites (tertiary alicyclic amines) is 2. The summed E-state index contributed by atoms with van der Waals surface area (Å²) in [4.78, 5) is 28.3. The molecular weight excluding hydrogens is 465 g/mol. The smallest absolute Gasteiger partial charge is 0.274 e. The monoisotopic (exact) mass is 496 g/mol. The van der Waals surface area contributed by atoms with Crippen molar-refractivity contribution in [2.45, 2.75) is 64.3 Å². The van der Waals surface area contributed by atoms with Gasteiger partial charge in [0.25, 0.3) is 5.92 Å². The number of piperidine rings is 1. The first-order chi connectivity index (χ1) is 15.8. The summed E-state index contributed by atoms with van der Waals surface area (Å²) in [5.41, 5.74) is -0.663. The second kappa shape index (κ2) is 8.58. The first-order valence-electron chi connectivity index (χ1n) is 11.8. The molecule has 2 aliphatic heterocycles. The van der Waals surface area contributed by atoms with Gasteiger partial charge >= 0.3 is 0 Å². The van der Waals surface area contributed by atoms with E-state index in [1.54, 1.807) is 13.0 Å². The van der Waals surface area contributed by atoms with Gasteiger partial charge in [0, 0.05) is 30.1 Å². The fourth-order valence-corrected chi connectivity index (χ4v) is 6.52. The number of rotatable bonds is 3. The molecule has 1 spiro atoms. The lowest BCUT2D eigenvalue weighted by atomic mass is 9.63. The van der Waals surface area contributed by atoms with Crippen LogP contribution < -0.4 is 0 Å². The van der Waals surface area contributed by atoms with Crippen molar-refractivity contribution in [1.82, 2.24) is 9.80 Å². The number of carbonyl (C=O) groups is 2. The topological polar surface area (TPSA) is 40.6 Å². The molecule has 1 aromatic carbocycles. The fourth-order valence-electron chi connectivity index (χ4n) is 6.21. The average molecular weight is 497 g/mol. The molecule has 3 aliphatic rings. The molecule has 1 saturated carbocycles. The minimum atomic E-state index is -3.11. The highest BCUT2D eigenvalue weighted by Crippen LogP contribution is 2.54. The molecule has 1 aliphatic carbocycles. The number of amides is 2. The van der Waals surface area contributed by atoms with Crippen LogP contribution in [0.3, 0.4) is 0 Å². The van der Waals surface area contributed by atoms with Gasteiger partial charge < -0.3 is 9.80 Å². The molecule has 3 atom stereocenters. The molecule has 4 rings (SSSR count). The second-order valence-electron chi connectivity index (χ2n) is 11.2. The normalized spacial score (nSPS) is 29.4. The lowest BCUT2D eigenvalue weighted by molar-refractivity contribution is -0.232. The molecule has 8 heteroatoms. The summed E-state index contributed by atoms with van der Waals surface area (Å²) in [5.74, 6) is -4.97. The van der Waals surface area contributed by atoms with Crippen LogP contribution in [0.4, 0.5) is 13.2 Å². The molecule has 0 radical (unpaired) electrons. The van der Waals surface area contributed by atoms with Gasteiger partial charge in [0.05, 0.1) is 12.0 Å². The minimum Gasteiger partial charge on any atom is -0.337 e. The highest BCUT2D eigenvalue weighted by molar-refractivity contribution is 6.31. The number of alkyl halides is 2. The quantitative estimate of drug-likeness (QED) is 0.507. The Morgan fingerprint density at radius 1 is 1.18 bits per heavy atom. The van der Waals surface area contributed by atoms with Crippen LogP contribution >= 0.6 is 11.6 Å². The van der Waals surface area contributed by atoms with E-state index >= 15 is 8.78 Å². The van der Waals surface area contributed by atoms with Crippen molar-refractivity contribution in [2.24, 2.45) is 16.7 Å². The lowest BCUT2D eigenvalue weighted by Gasteiger charge is -2.59. The Labute approximate surface area is 204 Å². The first-order valence-corrected chi connectivity index (χ1v) is 12.2. The van der Waals surface area contributed by atoms with Gasteiger partial charge in [-0.25, -0.2) is 13.2 Å². The van der Waals surface area contributed by atoms with E-state index in [9.17, 15) is 14.0 Å². The Morgan fingerprint density at radius 3 is 2.47 bits per heavy atom. The number of benzene rings is 1. The van der Waals surface area contributed by atoms with Crippen molar-refractivity contribution in [3.63, 3.8) is 0 Å². The van der Waals surface area contributed by atoms with Gasteiger partial charge in [0.2, 0.25) is 11.8 Å². The summed E-state index contributed by atoms with van der Waals surface area (Å²) in [7, 11) is 0. The highest BCUT2D eigenvalue weighted by atomic mass is 35.5. The third-order valence-electron chi connectivity index (χ3n) is 8.19. The fraction of sp³-hybridized carbons (Fsp3) is 0.615. The molecule has 1 aromatic rings. The highest BCUT2D eigenvalue weighted by Gasteiger charge is 2.65. The van der Waals surface area contributed by atoms with E-state index in [0.29, 0.717) is 18.4 Å². The van der Waals surface area contributed by atoms with Gasteiger partial charge in [-0.05, 0) is 67.7 Å². The van der Waals surface area contributed by atoms with E-state index in [4.69, 9.17) is 11.6 Å². The SMILES string of the molecule is C=CC(=O)N1CC2(C[C@@H](C)N(C(=O)[C@@H]3CCC(C)(C)C[C@H]3c3ccc(F)cc3Cl)CC2(F)F)C1. The number of nitrogens with zero attached hydrogens (tertiary/aromatic N) is 2. The zero-order chi connectivity index (χ0) is 25.1. The van der Waals surface area contributed by atoms with Crippen molar-refractivity contribution in [2.75, 3.05) is 19.6 Å². The van der Waals surface area contributed by atoms with E-state index in [1.807, 2.05) is 0 Å². The van der Waals surface area contributed by atoms with Gasteiger partial charge in [-0.15, -0.1) is 0 Å². The van der Waals surface area contributed by atoms with Crippen LogP contribution in [-0.2, 0) is 9.59 Å². The third kappa shape index (κ3) is 4.25. The molecule has 34 heavy (non-hydrogen) atoms. The predicted molar refractivity (Wildman–Crippen MR) is 125 cm³/mol. The van der Waals surface area contributed by atoms with Crippen LogP contribution in [0.2, 0.25) is 5.02 Å². The van der Waals surface area contributed by atoms with E-state index in [2.05, 4.69) is 20.4 Å². The molecule has 0 N–H and O–H groups in total. The van der Waals surface area contributed by atoms with Crippen LogP contribution in [-0.4, -0.2) is 53.2 Å². The van der Waals surface area contributed by atoms with Gasteiger partial charge in [-0.2, -0.15) is 0 Å². The van der Waals surface area contributed by atoms with Gasteiger partial charge in [-0.3, -0.25) is 9.59 Å².